The van der Waals surface area contributed by atoms with Crippen LogP contribution >= 0.6 is 0 Å². The van der Waals surface area contributed by atoms with E-state index in [9.17, 15) is 39.9 Å². The molecule has 2 aromatic rings. The molecule has 6 N–H and O–H groups in total. The Morgan fingerprint density at radius 3 is 2.29 bits per heavy atom. The standard InChI is InChI=1S/C43H58N4O11/c1-22-12-10-13-23(2)42(55)45-35-28(21-44-47-18-16-46(8)17-19-47)38(52)34-32(39(35)53)29(49)20-31-33(34)41(54)43(7,58-31)15-11-14-30(56-9)24(3)40(57-27(6)48)26(5)37(51)25(4)36(22)50/h10-14,20-22,24-26,30,36-37,40,49-53H,15-19H2,1-9H3,(H,45,55)/b12-10+,14-11+,23-13-,44-21+/t22-,24+,25+,26+,30-,36-,37+,40+,43+/m0/s1. The number of piperazine rings is 1. The molecule has 1 amide bonds. The fourth-order valence-electron chi connectivity index (χ4n) is 8.02. The van der Waals surface area contributed by atoms with E-state index in [1.165, 1.54) is 39.3 Å². The number of carbonyl (C=O) groups excluding carboxylic acids is 3. The van der Waals surface area contributed by atoms with E-state index in [4.69, 9.17) is 14.2 Å². The Hall–Kier alpha value is -4.96. The number of benzene rings is 2. The lowest BCUT2D eigenvalue weighted by Crippen LogP contribution is -2.46. The maximum Gasteiger partial charge on any atom is 0.302 e. The average Bonchev–Trinajstić information content (AvgIpc) is 3.43. The van der Waals surface area contributed by atoms with Crippen molar-refractivity contribution in [3.63, 3.8) is 0 Å². The van der Waals surface area contributed by atoms with Crippen LogP contribution in [0.15, 0.2) is 47.1 Å². The molecule has 15 heteroatoms. The van der Waals surface area contributed by atoms with Gasteiger partial charge in [0.2, 0.25) is 5.78 Å². The van der Waals surface area contributed by atoms with Gasteiger partial charge < -0.3 is 50.0 Å². The van der Waals surface area contributed by atoms with Crippen molar-refractivity contribution in [1.82, 2.24) is 9.91 Å². The number of fused-ring (bicyclic) bond motifs is 14. The summed E-state index contributed by atoms with van der Waals surface area (Å²) >= 11 is 0. The number of nitrogens with one attached hydrogen (secondary N) is 1. The zero-order chi connectivity index (χ0) is 42.8. The lowest BCUT2D eigenvalue weighted by Gasteiger charge is -2.38. The fraction of sp³-hybridized carbons (Fsp3) is 0.535. The molecule has 1 fully saturated rings. The van der Waals surface area contributed by atoms with Crippen molar-refractivity contribution in [2.45, 2.75) is 84.9 Å². The van der Waals surface area contributed by atoms with E-state index in [2.05, 4.69) is 15.3 Å². The van der Waals surface area contributed by atoms with Gasteiger partial charge in [-0.25, -0.2) is 0 Å². The highest BCUT2D eigenvalue weighted by molar-refractivity contribution is 6.23. The van der Waals surface area contributed by atoms with Crippen LogP contribution in [0.25, 0.3) is 10.8 Å². The van der Waals surface area contributed by atoms with Crippen molar-refractivity contribution in [3.8, 4) is 23.0 Å². The van der Waals surface area contributed by atoms with Crippen LogP contribution in [0.5, 0.6) is 23.0 Å². The molecule has 5 bridgehead atoms. The molecule has 0 unspecified atom stereocenters. The van der Waals surface area contributed by atoms with Crippen LogP contribution in [0.4, 0.5) is 5.69 Å². The largest absolute Gasteiger partial charge is 0.507 e. The van der Waals surface area contributed by atoms with Gasteiger partial charge in [-0.3, -0.25) is 19.4 Å². The van der Waals surface area contributed by atoms with Gasteiger partial charge in [-0.05, 0) is 20.9 Å². The number of carbonyl (C=O) groups is 3. The third-order valence-electron chi connectivity index (χ3n) is 11.9. The Labute approximate surface area is 339 Å². The van der Waals surface area contributed by atoms with Crippen molar-refractivity contribution in [2.75, 3.05) is 45.7 Å². The van der Waals surface area contributed by atoms with E-state index in [1.54, 1.807) is 57.0 Å². The first-order valence-electron chi connectivity index (χ1n) is 19.7. The van der Waals surface area contributed by atoms with Crippen molar-refractivity contribution < 1.29 is 54.1 Å². The zero-order valence-electron chi connectivity index (χ0n) is 34.7. The molecule has 0 aromatic heterocycles. The van der Waals surface area contributed by atoms with Gasteiger partial charge in [-0.2, -0.15) is 5.10 Å². The number of nitrogens with zero attached hydrogens (tertiary/aromatic N) is 3. The number of likely N-dealkylation sites (N-methyl/N-ethyl adjacent to an activating group) is 1. The minimum atomic E-state index is -1.53. The summed E-state index contributed by atoms with van der Waals surface area (Å²) < 4.78 is 17.8. The zero-order valence-corrected chi connectivity index (χ0v) is 34.7. The van der Waals surface area contributed by atoms with Gasteiger partial charge in [0, 0.05) is 87.3 Å². The SMILES string of the molecule is CO[C@H]1/C=C/C[C@@]2(C)Oc3cc(O)c4c(O)c(c(/C=N/N5CCN(C)CC5)c(O)c4c3C2=O)NC(=O)/C(C)=C\C=C\[C@H](C)[C@H](O)[C@@H](C)[C@@H](O)[C@@H](C)[C@H](OC(C)=O)[C@@H]1C. The second-order valence-electron chi connectivity index (χ2n) is 16.2. The van der Waals surface area contributed by atoms with Crippen molar-refractivity contribution in [2.24, 2.45) is 28.8 Å². The lowest BCUT2D eigenvalue weighted by atomic mass is 9.78. The van der Waals surface area contributed by atoms with Crippen LogP contribution in [0.3, 0.4) is 0 Å². The number of hydrazone groups is 1. The molecule has 0 aliphatic carbocycles. The number of methoxy groups -OCH3 is 1. The molecule has 4 heterocycles. The number of Topliss-reactive ketones (excluding diaryl/α,β-unsaturated/α-hetero) is 1. The number of rotatable bonds is 4. The first kappa shape index (κ1) is 44.1. The Bertz CT molecular complexity index is 2020. The highest BCUT2D eigenvalue weighted by atomic mass is 16.5. The van der Waals surface area contributed by atoms with Crippen LogP contribution in [-0.2, 0) is 19.1 Å². The summed E-state index contributed by atoms with van der Waals surface area (Å²) in [6.07, 6.45) is 5.87. The maximum absolute atomic E-state index is 14.4. The van der Waals surface area contributed by atoms with E-state index in [1.807, 2.05) is 14.0 Å². The molecule has 1 saturated heterocycles. The second-order valence-corrected chi connectivity index (χ2v) is 16.2. The highest BCUT2D eigenvalue weighted by Gasteiger charge is 2.46. The lowest BCUT2D eigenvalue weighted by molar-refractivity contribution is -0.160. The van der Waals surface area contributed by atoms with Crippen molar-refractivity contribution in [1.29, 1.82) is 0 Å². The highest BCUT2D eigenvalue weighted by Crippen LogP contribution is 2.53. The summed E-state index contributed by atoms with van der Waals surface area (Å²) in [5.41, 5.74) is -1.75. The molecule has 0 saturated carbocycles. The molecule has 58 heavy (non-hydrogen) atoms. The van der Waals surface area contributed by atoms with Crippen LogP contribution in [0.1, 0.15) is 70.8 Å². The minimum Gasteiger partial charge on any atom is -0.507 e. The number of hydrogen-bond acceptors (Lipinski definition) is 14. The third-order valence-corrected chi connectivity index (χ3v) is 11.9. The van der Waals surface area contributed by atoms with Gasteiger partial charge in [-0.1, -0.05) is 58.1 Å². The normalized spacial score (nSPS) is 32.5. The molecule has 6 rings (SSSR count). The summed E-state index contributed by atoms with van der Waals surface area (Å²) in [6.45, 7) is 14.0. The summed E-state index contributed by atoms with van der Waals surface area (Å²) in [5.74, 6) is -5.69. The van der Waals surface area contributed by atoms with E-state index in [0.29, 0.717) is 13.1 Å². The Morgan fingerprint density at radius 1 is 0.983 bits per heavy atom. The topological polar surface area (TPSA) is 211 Å². The summed E-state index contributed by atoms with van der Waals surface area (Å²) in [4.78, 5) is 42.6. The maximum atomic E-state index is 14.4. The van der Waals surface area contributed by atoms with Crippen LogP contribution in [-0.4, -0.2) is 130 Å². The quantitative estimate of drug-likeness (QED) is 0.0829. The van der Waals surface area contributed by atoms with Crippen LogP contribution < -0.4 is 10.1 Å². The smallest absolute Gasteiger partial charge is 0.302 e. The molecule has 4 aliphatic heterocycles. The number of aromatic hydroxyl groups is 3. The summed E-state index contributed by atoms with van der Waals surface area (Å²) in [6, 6.07) is 1.19. The number of hydrogen-bond donors (Lipinski definition) is 6. The van der Waals surface area contributed by atoms with E-state index < -0.39 is 88.6 Å². The molecular formula is C43H58N4O11. The monoisotopic (exact) mass is 806 g/mol. The number of aliphatic hydroxyl groups excluding tert-OH is 2. The molecule has 2 aromatic carbocycles. The first-order chi connectivity index (χ1) is 27.3. The Balaban J connectivity index is 1.68. The molecular weight excluding hydrogens is 748 g/mol. The third kappa shape index (κ3) is 8.87. The average molecular weight is 807 g/mol. The molecule has 316 valence electrons. The number of anilines is 1. The van der Waals surface area contributed by atoms with E-state index >= 15 is 0 Å². The van der Waals surface area contributed by atoms with Crippen molar-refractivity contribution >= 4 is 40.3 Å². The molecule has 0 radical (unpaired) electrons. The Kier molecular flexibility index (Phi) is 13.6. The number of ketones is 1. The minimum absolute atomic E-state index is 0.00457. The summed E-state index contributed by atoms with van der Waals surface area (Å²) in [5, 5.41) is 66.6. The number of aliphatic hydroxyl groups is 2. The predicted molar refractivity (Wildman–Crippen MR) is 219 cm³/mol. The Morgan fingerprint density at radius 2 is 1.66 bits per heavy atom. The summed E-state index contributed by atoms with van der Waals surface area (Å²) in [7, 11) is 3.48. The van der Waals surface area contributed by atoms with E-state index in [-0.39, 0.29) is 45.3 Å². The number of ether oxygens (including phenoxy) is 3. The number of allylic oxidation sites excluding steroid dienone is 2. The number of phenolic OH excluding ortho intramolecular Hbond substituents is 3. The van der Waals surface area contributed by atoms with Gasteiger partial charge in [0.25, 0.3) is 5.91 Å². The number of amides is 1. The number of phenols is 3. The molecule has 15 nitrogen and oxygen atoms in total. The van der Waals surface area contributed by atoms with Gasteiger partial charge in [0.15, 0.2) is 11.4 Å². The van der Waals surface area contributed by atoms with Gasteiger partial charge in [0.05, 0.1) is 46.7 Å². The predicted octanol–water partition coefficient (Wildman–Crippen LogP) is 4.49. The molecule has 4 aliphatic rings. The molecule has 9 atom stereocenters. The van der Waals surface area contributed by atoms with Gasteiger partial charge in [-0.15, -0.1) is 0 Å². The van der Waals surface area contributed by atoms with Crippen LogP contribution in [0.2, 0.25) is 0 Å². The van der Waals surface area contributed by atoms with Crippen LogP contribution in [0, 0.1) is 23.7 Å². The number of esters is 1. The van der Waals surface area contributed by atoms with E-state index in [0.717, 1.165) is 13.1 Å². The van der Waals surface area contributed by atoms with Gasteiger partial charge >= 0.3 is 5.97 Å². The second kappa shape index (κ2) is 17.9. The fourth-order valence-corrected chi connectivity index (χ4v) is 8.02. The van der Waals surface area contributed by atoms with Gasteiger partial charge in [0.1, 0.15) is 23.4 Å². The van der Waals surface area contributed by atoms with Crippen molar-refractivity contribution in [3.05, 3.63) is 53.1 Å². The molecule has 0 spiro atoms. The first-order valence-corrected chi connectivity index (χ1v) is 19.7.